The highest BCUT2D eigenvalue weighted by Crippen LogP contribution is 2.26. The van der Waals surface area contributed by atoms with E-state index in [0.717, 1.165) is 11.3 Å². The molecule has 0 radical (unpaired) electrons. The molecular formula is C22H16ClN3O. The van der Waals surface area contributed by atoms with Gasteiger partial charge in [-0.1, -0.05) is 72.3 Å². The molecule has 0 atom stereocenters. The minimum absolute atomic E-state index is 0.260. The Kier molecular flexibility index (Phi) is 4.73. The second kappa shape index (κ2) is 7.48. The van der Waals surface area contributed by atoms with E-state index >= 15 is 0 Å². The molecule has 4 rings (SSSR count). The zero-order valence-electron chi connectivity index (χ0n) is 14.3. The lowest BCUT2D eigenvalue weighted by atomic mass is 10.1. The number of aromatic nitrogens is 2. The second-order valence-corrected chi connectivity index (χ2v) is 6.38. The molecule has 0 aliphatic rings. The second-order valence-electron chi connectivity index (χ2n) is 5.97. The molecule has 0 aliphatic heterocycles. The van der Waals surface area contributed by atoms with Crippen molar-refractivity contribution in [1.29, 1.82) is 0 Å². The van der Waals surface area contributed by atoms with Crippen LogP contribution in [0.5, 0.6) is 0 Å². The van der Waals surface area contributed by atoms with Crippen molar-refractivity contribution in [2.24, 2.45) is 0 Å². The molecule has 132 valence electrons. The van der Waals surface area contributed by atoms with Gasteiger partial charge < -0.3 is 5.32 Å². The lowest BCUT2D eigenvalue weighted by molar-refractivity contribution is 0.102. The van der Waals surface area contributed by atoms with Crippen LogP contribution in [0.3, 0.4) is 0 Å². The summed E-state index contributed by atoms with van der Waals surface area (Å²) in [5.74, 6) is -0.260. The van der Waals surface area contributed by atoms with Crippen molar-refractivity contribution >= 4 is 23.2 Å². The third kappa shape index (κ3) is 3.61. The molecule has 4 aromatic rings. The Balaban J connectivity index is 1.77. The topological polar surface area (TPSA) is 46.9 Å². The molecule has 1 N–H and O–H groups in total. The van der Waals surface area contributed by atoms with E-state index < -0.39 is 0 Å². The quantitative estimate of drug-likeness (QED) is 0.517. The summed E-state index contributed by atoms with van der Waals surface area (Å²) < 4.78 is 1.71. The first-order valence-corrected chi connectivity index (χ1v) is 8.86. The average Bonchev–Trinajstić information content (AvgIpc) is 3.17. The highest BCUT2D eigenvalue weighted by molar-refractivity contribution is 6.34. The Bertz CT molecular complexity index is 1080. The smallest absolute Gasteiger partial charge is 0.259 e. The van der Waals surface area contributed by atoms with Crippen molar-refractivity contribution in [3.8, 4) is 16.9 Å². The highest BCUT2D eigenvalue weighted by atomic mass is 35.5. The summed E-state index contributed by atoms with van der Waals surface area (Å²) in [5, 5.41) is 8.02. The Morgan fingerprint density at radius 2 is 1.48 bits per heavy atom. The third-order valence-corrected chi connectivity index (χ3v) is 4.48. The Morgan fingerprint density at radius 1 is 0.852 bits per heavy atom. The number of rotatable bonds is 4. The Hall–Kier alpha value is -3.37. The van der Waals surface area contributed by atoms with E-state index in [1.807, 2.05) is 72.8 Å². The van der Waals surface area contributed by atoms with Crippen molar-refractivity contribution in [2.45, 2.75) is 0 Å². The van der Waals surface area contributed by atoms with Gasteiger partial charge in [0.2, 0.25) is 0 Å². The fourth-order valence-electron chi connectivity index (χ4n) is 2.81. The van der Waals surface area contributed by atoms with Gasteiger partial charge in [-0.05, 0) is 24.3 Å². The molecule has 3 aromatic carbocycles. The molecule has 27 heavy (non-hydrogen) atoms. The van der Waals surface area contributed by atoms with Gasteiger partial charge in [0.1, 0.15) is 5.69 Å². The van der Waals surface area contributed by atoms with Crippen LogP contribution in [-0.2, 0) is 0 Å². The Labute approximate surface area is 162 Å². The molecule has 1 heterocycles. The van der Waals surface area contributed by atoms with Crippen LogP contribution in [-0.4, -0.2) is 15.7 Å². The summed E-state index contributed by atoms with van der Waals surface area (Å²) in [6.07, 6.45) is 1.74. The summed E-state index contributed by atoms with van der Waals surface area (Å²) in [5.41, 5.74) is 3.41. The van der Waals surface area contributed by atoms with Crippen LogP contribution in [0.2, 0.25) is 5.02 Å². The highest BCUT2D eigenvalue weighted by Gasteiger charge is 2.19. The minimum Gasteiger partial charge on any atom is -0.321 e. The van der Waals surface area contributed by atoms with Gasteiger partial charge in [-0.25, -0.2) is 4.68 Å². The molecule has 0 saturated heterocycles. The van der Waals surface area contributed by atoms with Crippen LogP contribution in [0.1, 0.15) is 10.4 Å². The lowest BCUT2D eigenvalue weighted by Crippen LogP contribution is -2.12. The molecule has 0 bridgehead atoms. The summed E-state index contributed by atoms with van der Waals surface area (Å²) >= 11 is 6.18. The van der Waals surface area contributed by atoms with Gasteiger partial charge in [-0.2, -0.15) is 5.10 Å². The largest absolute Gasteiger partial charge is 0.321 e. The van der Waals surface area contributed by atoms with Gasteiger partial charge >= 0.3 is 0 Å². The van der Waals surface area contributed by atoms with Crippen molar-refractivity contribution in [2.75, 3.05) is 5.32 Å². The number of carbonyl (C=O) groups excluding carboxylic acids is 1. The fourth-order valence-corrected chi connectivity index (χ4v) is 3.00. The van der Waals surface area contributed by atoms with Gasteiger partial charge in [0.15, 0.2) is 0 Å². The maximum absolute atomic E-state index is 13.0. The van der Waals surface area contributed by atoms with Crippen molar-refractivity contribution in [3.05, 3.63) is 102 Å². The van der Waals surface area contributed by atoms with E-state index in [1.165, 1.54) is 0 Å². The van der Waals surface area contributed by atoms with Crippen molar-refractivity contribution in [3.63, 3.8) is 0 Å². The van der Waals surface area contributed by atoms with Gasteiger partial charge in [0.25, 0.3) is 5.91 Å². The number of amides is 1. The van der Waals surface area contributed by atoms with E-state index in [1.54, 1.807) is 23.0 Å². The van der Waals surface area contributed by atoms with E-state index in [0.29, 0.717) is 22.0 Å². The molecule has 0 fully saturated rings. The van der Waals surface area contributed by atoms with E-state index in [2.05, 4.69) is 10.4 Å². The van der Waals surface area contributed by atoms with Crippen molar-refractivity contribution in [1.82, 2.24) is 9.78 Å². The van der Waals surface area contributed by atoms with E-state index in [9.17, 15) is 4.79 Å². The molecule has 0 unspecified atom stereocenters. The van der Waals surface area contributed by atoms with Gasteiger partial charge in [0, 0.05) is 11.8 Å². The number of hydrogen-bond donors (Lipinski definition) is 1. The number of anilines is 1. The summed E-state index contributed by atoms with van der Waals surface area (Å²) in [6.45, 7) is 0. The molecule has 5 heteroatoms. The van der Waals surface area contributed by atoms with E-state index in [4.69, 9.17) is 11.6 Å². The van der Waals surface area contributed by atoms with Crippen LogP contribution in [0.25, 0.3) is 16.9 Å². The molecule has 4 nitrogen and oxygen atoms in total. The predicted octanol–water partition coefficient (Wildman–Crippen LogP) is 5.45. The number of nitrogens with one attached hydrogen (secondary N) is 1. The first-order chi connectivity index (χ1) is 13.2. The van der Waals surface area contributed by atoms with Gasteiger partial charge in [-0.15, -0.1) is 0 Å². The maximum atomic E-state index is 13.0. The number of halogens is 1. The maximum Gasteiger partial charge on any atom is 0.259 e. The lowest BCUT2D eigenvalue weighted by Gasteiger charge is -2.07. The summed E-state index contributed by atoms with van der Waals surface area (Å²) in [4.78, 5) is 13.0. The predicted molar refractivity (Wildman–Crippen MR) is 108 cm³/mol. The molecule has 0 aliphatic carbocycles. The molecule has 1 amide bonds. The summed E-state index contributed by atoms with van der Waals surface area (Å²) in [7, 11) is 0. The normalized spacial score (nSPS) is 10.6. The van der Waals surface area contributed by atoms with Crippen LogP contribution >= 0.6 is 11.6 Å². The Morgan fingerprint density at radius 3 is 2.19 bits per heavy atom. The van der Waals surface area contributed by atoms with Crippen LogP contribution in [0, 0.1) is 0 Å². The first kappa shape index (κ1) is 17.1. The number of para-hydroxylation sites is 2. The summed E-state index contributed by atoms with van der Waals surface area (Å²) in [6, 6.07) is 26.5. The monoisotopic (exact) mass is 373 g/mol. The number of nitrogens with zero attached hydrogens (tertiary/aromatic N) is 2. The first-order valence-electron chi connectivity index (χ1n) is 8.49. The molecule has 0 saturated carbocycles. The van der Waals surface area contributed by atoms with Crippen LogP contribution in [0.4, 0.5) is 5.69 Å². The SMILES string of the molecule is O=C(Nc1ccccc1Cl)c1cn(-c2ccccc2)nc1-c1ccccc1. The van der Waals surface area contributed by atoms with E-state index in [-0.39, 0.29) is 5.91 Å². The minimum atomic E-state index is -0.260. The number of benzene rings is 3. The van der Waals surface area contributed by atoms with Crippen LogP contribution < -0.4 is 5.32 Å². The van der Waals surface area contributed by atoms with Crippen molar-refractivity contribution < 1.29 is 4.79 Å². The van der Waals surface area contributed by atoms with Gasteiger partial charge in [0.05, 0.1) is 22.0 Å². The molecule has 0 spiro atoms. The zero-order valence-corrected chi connectivity index (χ0v) is 15.1. The van der Waals surface area contributed by atoms with Gasteiger partial charge in [-0.3, -0.25) is 4.79 Å². The van der Waals surface area contributed by atoms with Crippen LogP contribution in [0.15, 0.2) is 91.1 Å². The fraction of sp³-hybridized carbons (Fsp3) is 0. The number of hydrogen-bond acceptors (Lipinski definition) is 2. The third-order valence-electron chi connectivity index (χ3n) is 4.15. The standard InChI is InChI=1S/C22H16ClN3O/c23-19-13-7-8-14-20(19)24-22(27)18-15-26(17-11-5-2-6-12-17)25-21(18)16-9-3-1-4-10-16/h1-15H,(H,24,27). The molecule has 1 aromatic heterocycles. The molecular weight excluding hydrogens is 358 g/mol. The average molecular weight is 374 g/mol. The zero-order chi connectivity index (χ0) is 18.6. The number of carbonyl (C=O) groups is 1.